The van der Waals surface area contributed by atoms with E-state index in [0.29, 0.717) is 6.04 Å². The highest BCUT2D eigenvalue weighted by Gasteiger charge is 2.33. The number of likely N-dealkylation sites (tertiary alicyclic amines) is 1. The van der Waals surface area contributed by atoms with Crippen molar-refractivity contribution in [2.75, 3.05) is 45.8 Å². The first-order chi connectivity index (χ1) is 9.89. The molecule has 0 saturated carbocycles. The number of carbonyl (C=O) groups excluding carboxylic acids is 1. The lowest BCUT2D eigenvalue weighted by Gasteiger charge is -2.37. The van der Waals surface area contributed by atoms with E-state index < -0.39 is 5.60 Å². The Kier molecular flexibility index (Phi) is 5.49. The van der Waals surface area contributed by atoms with Gasteiger partial charge in [-0.25, -0.2) is 4.79 Å². The third kappa shape index (κ3) is 4.85. The molecule has 0 aliphatic carbocycles. The van der Waals surface area contributed by atoms with E-state index in [-0.39, 0.29) is 6.09 Å². The molecule has 2 aliphatic heterocycles. The molecule has 0 bridgehead atoms. The van der Waals surface area contributed by atoms with Crippen LogP contribution >= 0.6 is 0 Å². The van der Waals surface area contributed by atoms with Crippen LogP contribution in [0.3, 0.4) is 0 Å². The van der Waals surface area contributed by atoms with Crippen molar-refractivity contribution < 1.29 is 9.53 Å². The van der Waals surface area contributed by atoms with Crippen LogP contribution in [0.2, 0.25) is 0 Å². The Morgan fingerprint density at radius 3 is 2.38 bits per heavy atom. The van der Waals surface area contributed by atoms with Crippen molar-refractivity contribution in [1.82, 2.24) is 14.7 Å². The number of nitrogens with zero attached hydrogens (tertiary/aromatic N) is 3. The van der Waals surface area contributed by atoms with E-state index in [4.69, 9.17) is 4.74 Å². The largest absolute Gasteiger partial charge is 0.444 e. The second-order valence-electron chi connectivity index (χ2n) is 7.25. The molecule has 1 amide bonds. The fraction of sp³-hybridized carbons (Fsp3) is 0.938. The second kappa shape index (κ2) is 6.97. The van der Waals surface area contributed by atoms with E-state index >= 15 is 0 Å². The zero-order valence-electron chi connectivity index (χ0n) is 14.1. The molecular formula is C16H31N3O2. The summed E-state index contributed by atoms with van der Waals surface area (Å²) in [5, 5.41) is 0. The summed E-state index contributed by atoms with van der Waals surface area (Å²) in [6, 6.07) is 0.515. The molecule has 0 aromatic rings. The van der Waals surface area contributed by atoms with Crippen molar-refractivity contribution in [2.24, 2.45) is 0 Å². The van der Waals surface area contributed by atoms with E-state index in [1.54, 1.807) is 0 Å². The standard InChI is InChI=1S/C16H31N3O2/c1-5-7-17-9-11-18(12-10-17)14-6-8-19(13-14)15(20)21-16(2,3)4/h14H,5-13H2,1-4H3. The summed E-state index contributed by atoms with van der Waals surface area (Å²) in [6.07, 6.45) is 2.15. The van der Waals surface area contributed by atoms with Gasteiger partial charge in [0, 0.05) is 45.3 Å². The van der Waals surface area contributed by atoms with Crippen molar-refractivity contribution >= 4 is 6.09 Å². The average molecular weight is 297 g/mol. The molecule has 1 unspecified atom stereocenters. The van der Waals surface area contributed by atoms with Crippen molar-refractivity contribution in [2.45, 2.75) is 52.2 Å². The minimum atomic E-state index is -0.402. The Labute approximate surface area is 129 Å². The molecule has 122 valence electrons. The minimum absolute atomic E-state index is 0.158. The number of amides is 1. The van der Waals surface area contributed by atoms with Crippen LogP contribution in [0.5, 0.6) is 0 Å². The van der Waals surface area contributed by atoms with Crippen molar-refractivity contribution in [3.63, 3.8) is 0 Å². The first kappa shape index (κ1) is 16.6. The predicted molar refractivity (Wildman–Crippen MR) is 84.5 cm³/mol. The van der Waals surface area contributed by atoms with Gasteiger partial charge in [-0.15, -0.1) is 0 Å². The van der Waals surface area contributed by atoms with Crippen LogP contribution in [0.1, 0.15) is 40.5 Å². The summed E-state index contributed by atoms with van der Waals surface area (Å²) in [7, 11) is 0. The van der Waals surface area contributed by atoms with Gasteiger partial charge >= 0.3 is 6.09 Å². The maximum atomic E-state index is 12.1. The molecule has 1 atom stereocenters. The summed E-state index contributed by atoms with van der Waals surface area (Å²) in [6.45, 7) is 15.5. The monoisotopic (exact) mass is 297 g/mol. The van der Waals surface area contributed by atoms with Crippen molar-refractivity contribution in [3.05, 3.63) is 0 Å². The number of ether oxygens (including phenoxy) is 1. The van der Waals surface area contributed by atoms with Crippen LogP contribution in [0.15, 0.2) is 0 Å². The van der Waals surface area contributed by atoms with Gasteiger partial charge in [0.15, 0.2) is 0 Å². The fourth-order valence-corrected chi connectivity index (χ4v) is 3.20. The van der Waals surface area contributed by atoms with Gasteiger partial charge in [0.25, 0.3) is 0 Å². The van der Waals surface area contributed by atoms with Crippen LogP contribution in [-0.4, -0.2) is 78.2 Å². The molecule has 0 aromatic heterocycles. The van der Waals surface area contributed by atoms with Gasteiger partial charge in [-0.3, -0.25) is 4.90 Å². The summed E-state index contributed by atoms with van der Waals surface area (Å²) in [5.74, 6) is 0. The molecule has 2 rings (SSSR count). The smallest absolute Gasteiger partial charge is 0.410 e. The molecule has 0 radical (unpaired) electrons. The SMILES string of the molecule is CCCN1CCN(C2CCN(C(=O)OC(C)(C)C)C2)CC1. The number of hydrogen-bond acceptors (Lipinski definition) is 4. The topological polar surface area (TPSA) is 36.0 Å². The molecule has 2 saturated heterocycles. The van der Waals surface area contributed by atoms with E-state index in [2.05, 4.69) is 16.7 Å². The summed E-state index contributed by atoms with van der Waals surface area (Å²) < 4.78 is 5.47. The Hall–Kier alpha value is -0.810. The Balaban J connectivity index is 1.77. The zero-order chi connectivity index (χ0) is 15.5. The van der Waals surface area contributed by atoms with Gasteiger partial charge in [-0.1, -0.05) is 6.92 Å². The van der Waals surface area contributed by atoms with Crippen LogP contribution in [0, 0.1) is 0 Å². The van der Waals surface area contributed by atoms with Crippen molar-refractivity contribution in [1.29, 1.82) is 0 Å². The van der Waals surface area contributed by atoms with E-state index in [1.807, 2.05) is 25.7 Å². The normalized spacial score (nSPS) is 25.3. The molecule has 0 spiro atoms. The molecule has 21 heavy (non-hydrogen) atoms. The van der Waals surface area contributed by atoms with Gasteiger partial charge in [0.05, 0.1) is 0 Å². The van der Waals surface area contributed by atoms with E-state index in [1.165, 1.54) is 13.0 Å². The molecule has 0 N–H and O–H groups in total. The van der Waals surface area contributed by atoms with Gasteiger partial charge < -0.3 is 14.5 Å². The summed E-state index contributed by atoms with van der Waals surface area (Å²) in [5.41, 5.74) is -0.402. The Morgan fingerprint density at radius 1 is 1.14 bits per heavy atom. The molecule has 5 nitrogen and oxygen atoms in total. The summed E-state index contributed by atoms with van der Waals surface area (Å²) in [4.78, 5) is 19.1. The number of carbonyl (C=O) groups is 1. The van der Waals surface area contributed by atoms with Crippen LogP contribution in [-0.2, 0) is 4.74 Å². The van der Waals surface area contributed by atoms with Gasteiger partial charge in [0.1, 0.15) is 5.60 Å². The van der Waals surface area contributed by atoms with Crippen molar-refractivity contribution in [3.8, 4) is 0 Å². The third-order valence-corrected chi connectivity index (χ3v) is 4.28. The highest BCUT2D eigenvalue weighted by Crippen LogP contribution is 2.20. The average Bonchev–Trinajstić information content (AvgIpc) is 2.88. The lowest BCUT2D eigenvalue weighted by atomic mass is 10.2. The molecule has 2 aliphatic rings. The maximum Gasteiger partial charge on any atom is 0.410 e. The van der Waals surface area contributed by atoms with Crippen LogP contribution < -0.4 is 0 Å². The van der Waals surface area contributed by atoms with Crippen LogP contribution in [0.25, 0.3) is 0 Å². The van der Waals surface area contributed by atoms with E-state index in [9.17, 15) is 4.79 Å². The highest BCUT2D eigenvalue weighted by molar-refractivity contribution is 5.68. The number of hydrogen-bond donors (Lipinski definition) is 0. The second-order valence-corrected chi connectivity index (χ2v) is 7.25. The Morgan fingerprint density at radius 2 is 1.81 bits per heavy atom. The predicted octanol–water partition coefficient (Wildman–Crippen LogP) is 2.02. The fourth-order valence-electron chi connectivity index (χ4n) is 3.20. The zero-order valence-corrected chi connectivity index (χ0v) is 14.1. The molecular weight excluding hydrogens is 266 g/mol. The van der Waals surface area contributed by atoms with Crippen LogP contribution in [0.4, 0.5) is 4.79 Å². The first-order valence-corrected chi connectivity index (χ1v) is 8.33. The molecule has 5 heteroatoms. The van der Waals surface area contributed by atoms with Gasteiger partial charge in [0.2, 0.25) is 0 Å². The lowest BCUT2D eigenvalue weighted by molar-refractivity contribution is 0.0269. The first-order valence-electron chi connectivity index (χ1n) is 8.33. The molecule has 0 aromatic carbocycles. The maximum absolute atomic E-state index is 12.1. The molecule has 2 heterocycles. The quantitative estimate of drug-likeness (QED) is 0.798. The molecule has 2 fully saturated rings. The third-order valence-electron chi connectivity index (χ3n) is 4.28. The highest BCUT2D eigenvalue weighted by atomic mass is 16.6. The lowest BCUT2D eigenvalue weighted by Crippen LogP contribution is -2.51. The summed E-state index contributed by atoms with van der Waals surface area (Å²) >= 11 is 0. The van der Waals surface area contributed by atoms with E-state index in [0.717, 1.165) is 45.7 Å². The minimum Gasteiger partial charge on any atom is -0.444 e. The number of piperazine rings is 1. The van der Waals surface area contributed by atoms with Gasteiger partial charge in [-0.05, 0) is 40.2 Å². The Bertz CT molecular complexity index is 346. The number of rotatable bonds is 3. The van der Waals surface area contributed by atoms with Gasteiger partial charge in [-0.2, -0.15) is 0 Å².